The SMILES string of the molecule is COCC(=O)Nc1ccc(NC(=O)c2cnn(-c3ccccc3Cl)c2)cc1. The summed E-state index contributed by atoms with van der Waals surface area (Å²) in [5.41, 5.74) is 2.29. The molecule has 0 aliphatic rings. The van der Waals surface area contributed by atoms with Crippen molar-refractivity contribution in [2.24, 2.45) is 0 Å². The van der Waals surface area contributed by atoms with E-state index in [2.05, 4.69) is 15.7 Å². The van der Waals surface area contributed by atoms with Crippen LogP contribution in [0.2, 0.25) is 5.02 Å². The van der Waals surface area contributed by atoms with E-state index in [1.165, 1.54) is 13.3 Å². The van der Waals surface area contributed by atoms with Gasteiger partial charge in [0.25, 0.3) is 5.91 Å². The molecule has 2 N–H and O–H groups in total. The Morgan fingerprint density at radius 1 is 1.07 bits per heavy atom. The smallest absolute Gasteiger partial charge is 0.258 e. The number of nitrogens with one attached hydrogen (secondary N) is 2. The summed E-state index contributed by atoms with van der Waals surface area (Å²) in [5.74, 6) is -0.550. The van der Waals surface area contributed by atoms with E-state index >= 15 is 0 Å². The van der Waals surface area contributed by atoms with Gasteiger partial charge >= 0.3 is 0 Å². The molecule has 0 radical (unpaired) electrons. The van der Waals surface area contributed by atoms with E-state index < -0.39 is 0 Å². The Morgan fingerprint density at radius 3 is 2.41 bits per heavy atom. The minimum absolute atomic E-state index is 0.0199. The number of benzene rings is 2. The van der Waals surface area contributed by atoms with Gasteiger partial charge < -0.3 is 15.4 Å². The second-order valence-electron chi connectivity index (χ2n) is 5.64. The van der Waals surface area contributed by atoms with Crippen molar-refractivity contribution < 1.29 is 14.3 Å². The number of anilines is 2. The van der Waals surface area contributed by atoms with Gasteiger partial charge in [-0.05, 0) is 36.4 Å². The first kappa shape index (κ1) is 18.6. The first-order chi connectivity index (χ1) is 13.1. The second-order valence-corrected chi connectivity index (χ2v) is 6.04. The third-order valence-corrected chi connectivity index (χ3v) is 3.97. The van der Waals surface area contributed by atoms with Crippen LogP contribution in [0, 0.1) is 0 Å². The van der Waals surface area contributed by atoms with Crippen molar-refractivity contribution in [1.29, 1.82) is 0 Å². The zero-order chi connectivity index (χ0) is 19.2. The van der Waals surface area contributed by atoms with Crippen LogP contribution in [-0.2, 0) is 9.53 Å². The van der Waals surface area contributed by atoms with Crippen molar-refractivity contribution in [3.05, 3.63) is 71.5 Å². The molecule has 0 saturated heterocycles. The van der Waals surface area contributed by atoms with Gasteiger partial charge in [-0.15, -0.1) is 0 Å². The van der Waals surface area contributed by atoms with Gasteiger partial charge in [-0.3, -0.25) is 9.59 Å². The van der Waals surface area contributed by atoms with Crippen LogP contribution in [0.5, 0.6) is 0 Å². The Bertz CT molecular complexity index is 954. The number of methoxy groups -OCH3 is 1. The third-order valence-electron chi connectivity index (χ3n) is 3.65. The lowest BCUT2D eigenvalue weighted by Crippen LogP contribution is -2.17. The maximum Gasteiger partial charge on any atom is 0.258 e. The van der Waals surface area contributed by atoms with Crippen LogP contribution >= 0.6 is 11.6 Å². The van der Waals surface area contributed by atoms with Crippen LogP contribution < -0.4 is 10.6 Å². The van der Waals surface area contributed by atoms with Gasteiger partial charge in [-0.2, -0.15) is 5.10 Å². The quantitative estimate of drug-likeness (QED) is 0.682. The molecule has 3 aromatic rings. The van der Waals surface area contributed by atoms with Gasteiger partial charge in [-0.25, -0.2) is 4.68 Å². The fourth-order valence-electron chi connectivity index (χ4n) is 2.38. The minimum Gasteiger partial charge on any atom is -0.375 e. The highest BCUT2D eigenvalue weighted by Gasteiger charge is 2.11. The number of nitrogens with zero attached hydrogens (tertiary/aromatic N) is 2. The number of ether oxygens (including phenoxy) is 1. The highest BCUT2D eigenvalue weighted by molar-refractivity contribution is 6.32. The molecule has 1 heterocycles. The standard InChI is InChI=1S/C19H17ClN4O3/c1-27-12-18(25)22-14-6-8-15(9-7-14)23-19(26)13-10-21-24(11-13)17-5-3-2-4-16(17)20/h2-11H,12H2,1H3,(H,22,25)(H,23,26). The molecule has 138 valence electrons. The van der Waals surface area contributed by atoms with Crippen molar-refractivity contribution >= 4 is 34.8 Å². The average molecular weight is 385 g/mol. The van der Waals surface area contributed by atoms with E-state index in [9.17, 15) is 9.59 Å². The molecule has 0 atom stereocenters. The van der Waals surface area contributed by atoms with Gasteiger partial charge in [0.15, 0.2) is 0 Å². The Balaban J connectivity index is 1.66. The number of amides is 2. The Kier molecular flexibility index (Phi) is 5.85. The van der Waals surface area contributed by atoms with Crippen LogP contribution in [-0.4, -0.2) is 35.3 Å². The number of hydrogen-bond acceptors (Lipinski definition) is 4. The first-order valence-electron chi connectivity index (χ1n) is 8.06. The zero-order valence-electron chi connectivity index (χ0n) is 14.5. The molecule has 0 bridgehead atoms. The molecule has 0 saturated carbocycles. The molecule has 3 rings (SSSR count). The van der Waals surface area contributed by atoms with Crippen molar-refractivity contribution in [3.8, 4) is 5.69 Å². The number of halogens is 1. The lowest BCUT2D eigenvalue weighted by molar-refractivity contribution is -0.119. The summed E-state index contributed by atoms with van der Waals surface area (Å²) >= 11 is 6.15. The van der Waals surface area contributed by atoms with Gasteiger partial charge in [0.1, 0.15) is 6.61 Å². The topological polar surface area (TPSA) is 85.2 Å². The molecule has 8 heteroatoms. The Morgan fingerprint density at radius 2 is 1.74 bits per heavy atom. The number of rotatable bonds is 6. The summed E-state index contributed by atoms with van der Waals surface area (Å²) in [4.78, 5) is 23.9. The lowest BCUT2D eigenvalue weighted by atomic mass is 10.2. The minimum atomic E-state index is -0.301. The molecule has 27 heavy (non-hydrogen) atoms. The Hall–Kier alpha value is -3.16. The number of para-hydroxylation sites is 1. The first-order valence-corrected chi connectivity index (χ1v) is 8.44. The van der Waals surface area contributed by atoms with E-state index in [1.54, 1.807) is 41.2 Å². The Labute approximate surface area is 160 Å². The summed E-state index contributed by atoms with van der Waals surface area (Å²) < 4.78 is 6.30. The molecular formula is C19H17ClN4O3. The third kappa shape index (κ3) is 4.72. The van der Waals surface area contributed by atoms with Gasteiger partial charge in [0.2, 0.25) is 5.91 Å². The number of hydrogen-bond donors (Lipinski definition) is 2. The summed E-state index contributed by atoms with van der Waals surface area (Å²) in [6.07, 6.45) is 3.08. The summed E-state index contributed by atoms with van der Waals surface area (Å²) in [6, 6.07) is 14.0. The molecular weight excluding hydrogens is 368 g/mol. The van der Waals surface area contributed by atoms with Crippen LogP contribution in [0.1, 0.15) is 10.4 Å². The van der Waals surface area contributed by atoms with E-state index in [-0.39, 0.29) is 18.4 Å². The predicted molar refractivity (Wildman–Crippen MR) is 103 cm³/mol. The molecule has 0 aliphatic carbocycles. The highest BCUT2D eigenvalue weighted by Crippen LogP contribution is 2.20. The molecule has 0 spiro atoms. The molecule has 1 aromatic heterocycles. The normalized spacial score (nSPS) is 10.4. The highest BCUT2D eigenvalue weighted by atomic mass is 35.5. The summed E-state index contributed by atoms with van der Waals surface area (Å²) in [7, 11) is 1.45. The fourth-order valence-corrected chi connectivity index (χ4v) is 2.60. The molecule has 2 aromatic carbocycles. The second kappa shape index (κ2) is 8.48. The van der Waals surface area contributed by atoms with Crippen molar-refractivity contribution in [2.45, 2.75) is 0 Å². The van der Waals surface area contributed by atoms with E-state index in [1.807, 2.05) is 18.2 Å². The monoisotopic (exact) mass is 384 g/mol. The van der Waals surface area contributed by atoms with Crippen molar-refractivity contribution in [2.75, 3.05) is 24.4 Å². The number of carbonyl (C=O) groups is 2. The average Bonchev–Trinajstić information content (AvgIpc) is 3.14. The predicted octanol–water partition coefficient (Wildman–Crippen LogP) is 3.36. The van der Waals surface area contributed by atoms with Crippen LogP contribution in [0.15, 0.2) is 60.9 Å². The van der Waals surface area contributed by atoms with E-state index in [4.69, 9.17) is 16.3 Å². The van der Waals surface area contributed by atoms with Gasteiger partial charge in [0, 0.05) is 24.7 Å². The number of carbonyl (C=O) groups excluding carboxylic acids is 2. The van der Waals surface area contributed by atoms with Crippen molar-refractivity contribution in [3.63, 3.8) is 0 Å². The summed E-state index contributed by atoms with van der Waals surface area (Å²) in [6.45, 7) is -0.0199. The molecule has 7 nitrogen and oxygen atoms in total. The zero-order valence-corrected chi connectivity index (χ0v) is 15.2. The lowest BCUT2D eigenvalue weighted by Gasteiger charge is -2.07. The maximum atomic E-state index is 12.4. The maximum absolute atomic E-state index is 12.4. The van der Waals surface area contributed by atoms with Gasteiger partial charge in [-0.1, -0.05) is 23.7 Å². The number of aromatic nitrogens is 2. The fraction of sp³-hybridized carbons (Fsp3) is 0.105. The molecule has 0 fully saturated rings. The summed E-state index contributed by atoms with van der Waals surface area (Å²) in [5, 5.41) is 10.2. The molecule has 0 aliphatic heterocycles. The largest absolute Gasteiger partial charge is 0.375 e. The molecule has 2 amide bonds. The van der Waals surface area contributed by atoms with E-state index in [0.717, 1.165) is 0 Å². The molecule has 0 unspecified atom stereocenters. The van der Waals surface area contributed by atoms with Gasteiger partial charge in [0.05, 0.1) is 22.5 Å². The van der Waals surface area contributed by atoms with Crippen LogP contribution in [0.25, 0.3) is 5.69 Å². The van der Waals surface area contributed by atoms with Crippen LogP contribution in [0.3, 0.4) is 0 Å². The van der Waals surface area contributed by atoms with Crippen LogP contribution in [0.4, 0.5) is 11.4 Å². The van der Waals surface area contributed by atoms with Crippen molar-refractivity contribution in [1.82, 2.24) is 9.78 Å². The van der Waals surface area contributed by atoms with E-state index in [0.29, 0.717) is 27.6 Å².